The van der Waals surface area contributed by atoms with E-state index in [9.17, 15) is 8.78 Å². The second-order valence-electron chi connectivity index (χ2n) is 4.09. The lowest BCUT2D eigenvalue weighted by Gasteiger charge is -2.14. The van der Waals surface area contributed by atoms with Crippen LogP contribution in [-0.4, -0.2) is 14.8 Å². The van der Waals surface area contributed by atoms with Crippen LogP contribution in [0.4, 0.5) is 8.78 Å². The lowest BCUT2D eigenvalue weighted by Crippen LogP contribution is -2.19. The van der Waals surface area contributed by atoms with Crippen LogP contribution in [0, 0.1) is 11.6 Å². The van der Waals surface area contributed by atoms with Gasteiger partial charge >= 0.3 is 0 Å². The Labute approximate surface area is 117 Å². The van der Waals surface area contributed by atoms with Crippen molar-refractivity contribution in [1.82, 2.24) is 14.8 Å². The van der Waals surface area contributed by atoms with E-state index in [1.165, 1.54) is 18.5 Å². The molecule has 0 fully saturated rings. The Morgan fingerprint density at radius 1 is 1.37 bits per heavy atom. The lowest BCUT2D eigenvalue weighted by atomic mass is 10.0. The Balaban J connectivity index is 2.28. The molecular formula is C12H13BrF2N4. The van der Waals surface area contributed by atoms with Crippen molar-refractivity contribution >= 4 is 15.9 Å². The van der Waals surface area contributed by atoms with E-state index in [-0.39, 0.29) is 12.0 Å². The van der Waals surface area contributed by atoms with E-state index in [4.69, 9.17) is 5.73 Å². The molecule has 2 N–H and O–H groups in total. The molecule has 0 spiro atoms. The SMILES string of the molecule is CCn1ncnc1CC(N)c1c(F)cc(Br)cc1F. The number of aryl methyl sites for hydroxylation is 1. The number of nitrogens with zero attached hydrogens (tertiary/aromatic N) is 3. The molecule has 102 valence electrons. The van der Waals surface area contributed by atoms with Gasteiger partial charge in [0.15, 0.2) is 0 Å². The maximum atomic E-state index is 13.8. The van der Waals surface area contributed by atoms with E-state index in [1.54, 1.807) is 4.68 Å². The second-order valence-corrected chi connectivity index (χ2v) is 5.00. The van der Waals surface area contributed by atoms with Gasteiger partial charge in [0.1, 0.15) is 23.8 Å². The average Bonchev–Trinajstić information content (AvgIpc) is 2.74. The van der Waals surface area contributed by atoms with E-state index >= 15 is 0 Å². The predicted octanol–water partition coefficient (Wildman–Crippen LogP) is 2.58. The first-order valence-electron chi connectivity index (χ1n) is 5.79. The number of hydrogen-bond donors (Lipinski definition) is 1. The van der Waals surface area contributed by atoms with Gasteiger partial charge in [0.2, 0.25) is 0 Å². The summed E-state index contributed by atoms with van der Waals surface area (Å²) < 4.78 is 29.6. The largest absolute Gasteiger partial charge is 0.323 e. The number of hydrogen-bond acceptors (Lipinski definition) is 3. The molecule has 19 heavy (non-hydrogen) atoms. The van der Waals surface area contributed by atoms with Crippen molar-refractivity contribution in [3.63, 3.8) is 0 Å². The van der Waals surface area contributed by atoms with Crippen LogP contribution in [0.3, 0.4) is 0 Å². The summed E-state index contributed by atoms with van der Waals surface area (Å²) in [5.41, 5.74) is 5.75. The Morgan fingerprint density at radius 2 is 2.00 bits per heavy atom. The second kappa shape index (κ2) is 5.75. The van der Waals surface area contributed by atoms with Gasteiger partial charge in [-0.05, 0) is 19.1 Å². The van der Waals surface area contributed by atoms with Crippen LogP contribution in [0.15, 0.2) is 22.9 Å². The molecule has 1 atom stereocenters. The maximum Gasteiger partial charge on any atom is 0.138 e. The molecule has 7 heteroatoms. The van der Waals surface area contributed by atoms with Gasteiger partial charge in [-0.3, -0.25) is 4.68 Å². The third-order valence-corrected chi connectivity index (χ3v) is 3.27. The van der Waals surface area contributed by atoms with Gasteiger partial charge in [-0.1, -0.05) is 15.9 Å². The molecule has 0 amide bonds. The van der Waals surface area contributed by atoms with Crippen LogP contribution >= 0.6 is 15.9 Å². The molecule has 1 heterocycles. The highest BCUT2D eigenvalue weighted by molar-refractivity contribution is 9.10. The number of benzene rings is 1. The molecular weight excluding hydrogens is 318 g/mol. The number of halogens is 3. The minimum Gasteiger partial charge on any atom is -0.323 e. The summed E-state index contributed by atoms with van der Waals surface area (Å²) >= 11 is 3.03. The fraction of sp³-hybridized carbons (Fsp3) is 0.333. The molecule has 1 aromatic heterocycles. The molecule has 0 saturated carbocycles. The molecule has 4 nitrogen and oxygen atoms in total. The van der Waals surface area contributed by atoms with E-state index in [0.29, 0.717) is 16.8 Å². The van der Waals surface area contributed by atoms with Gasteiger partial charge in [0.25, 0.3) is 0 Å². The van der Waals surface area contributed by atoms with Crippen LogP contribution < -0.4 is 5.73 Å². The van der Waals surface area contributed by atoms with E-state index < -0.39 is 17.7 Å². The van der Waals surface area contributed by atoms with Crippen LogP contribution in [0.2, 0.25) is 0 Å². The molecule has 0 aliphatic heterocycles. The molecule has 1 aromatic carbocycles. The van der Waals surface area contributed by atoms with Crippen molar-refractivity contribution in [2.45, 2.75) is 25.9 Å². The zero-order valence-electron chi connectivity index (χ0n) is 10.3. The molecule has 1 unspecified atom stereocenters. The Bertz CT molecular complexity index is 562. The van der Waals surface area contributed by atoms with Crippen molar-refractivity contribution in [2.24, 2.45) is 5.73 Å². The maximum absolute atomic E-state index is 13.8. The van der Waals surface area contributed by atoms with E-state index in [0.717, 1.165) is 0 Å². The average molecular weight is 331 g/mol. The summed E-state index contributed by atoms with van der Waals surface area (Å²) in [5.74, 6) is -0.722. The summed E-state index contributed by atoms with van der Waals surface area (Å²) in [4.78, 5) is 4.05. The normalized spacial score (nSPS) is 12.7. The quantitative estimate of drug-likeness (QED) is 0.937. The zero-order chi connectivity index (χ0) is 14.0. The Kier molecular flexibility index (Phi) is 4.26. The monoisotopic (exact) mass is 330 g/mol. The number of aromatic nitrogens is 3. The minimum atomic E-state index is -0.803. The number of rotatable bonds is 4. The highest BCUT2D eigenvalue weighted by Crippen LogP contribution is 2.25. The topological polar surface area (TPSA) is 56.7 Å². The van der Waals surface area contributed by atoms with Crippen LogP contribution in [0.1, 0.15) is 24.4 Å². The van der Waals surface area contributed by atoms with Crippen LogP contribution in [-0.2, 0) is 13.0 Å². The first-order valence-corrected chi connectivity index (χ1v) is 6.59. The third kappa shape index (κ3) is 2.98. The smallest absolute Gasteiger partial charge is 0.138 e. The van der Waals surface area contributed by atoms with Gasteiger partial charge in [0.05, 0.1) is 0 Å². The van der Waals surface area contributed by atoms with Crippen molar-refractivity contribution in [3.05, 3.63) is 46.0 Å². The Morgan fingerprint density at radius 3 is 2.58 bits per heavy atom. The van der Waals surface area contributed by atoms with E-state index in [1.807, 2.05) is 6.92 Å². The molecule has 0 radical (unpaired) electrons. The molecule has 0 bridgehead atoms. The Hall–Kier alpha value is -1.34. The fourth-order valence-corrected chi connectivity index (χ4v) is 2.32. The van der Waals surface area contributed by atoms with Crippen molar-refractivity contribution in [3.8, 4) is 0 Å². The summed E-state index contributed by atoms with van der Waals surface area (Å²) in [5, 5.41) is 4.00. The summed E-state index contributed by atoms with van der Waals surface area (Å²) in [6, 6.07) is 1.59. The van der Waals surface area contributed by atoms with Crippen molar-refractivity contribution in [1.29, 1.82) is 0 Å². The first kappa shape index (κ1) is 14.1. The lowest BCUT2D eigenvalue weighted by molar-refractivity contribution is 0.509. The van der Waals surface area contributed by atoms with Gasteiger partial charge in [-0.15, -0.1) is 0 Å². The van der Waals surface area contributed by atoms with Crippen LogP contribution in [0.25, 0.3) is 0 Å². The molecule has 0 aliphatic carbocycles. The van der Waals surface area contributed by atoms with Crippen LogP contribution in [0.5, 0.6) is 0 Å². The van der Waals surface area contributed by atoms with Gasteiger partial charge < -0.3 is 5.73 Å². The number of nitrogens with two attached hydrogens (primary N) is 1. The predicted molar refractivity (Wildman–Crippen MR) is 70.4 cm³/mol. The molecule has 2 rings (SSSR count). The van der Waals surface area contributed by atoms with Gasteiger partial charge in [-0.2, -0.15) is 5.10 Å². The third-order valence-electron chi connectivity index (χ3n) is 2.81. The standard InChI is InChI=1S/C12H13BrF2N4/c1-2-19-11(17-6-18-19)5-10(16)12-8(14)3-7(13)4-9(12)15/h3-4,6,10H,2,5,16H2,1H3. The molecule has 0 saturated heterocycles. The summed E-state index contributed by atoms with van der Waals surface area (Å²) in [6.07, 6.45) is 1.63. The molecule has 0 aliphatic rings. The van der Waals surface area contributed by atoms with Gasteiger partial charge in [0, 0.05) is 29.0 Å². The summed E-state index contributed by atoms with van der Waals surface area (Å²) in [7, 11) is 0. The first-order chi connectivity index (χ1) is 9.02. The highest BCUT2D eigenvalue weighted by atomic mass is 79.9. The highest BCUT2D eigenvalue weighted by Gasteiger charge is 2.20. The van der Waals surface area contributed by atoms with Gasteiger partial charge in [-0.25, -0.2) is 13.8 Å². The van der Waals surface area contributed by atoms with Crippen molar-refractivity contribution in [2.75, 3.05) is 0 Å². The fourth-order valence-electron chi connectivity index (χ4n) is 1.92. The van der Waals surface area contributed by atoms with E-state index in [2.05, 4.69) is 26.0 Å². The zero-order valence-corrected chi connectivity index (χ0v) is 11.9. The van der Waals surface area contributed by atoms with Crippen molar-refractivity contribution < 1.29 is 8.78 Å². The minimum absolute atomic E-state index is 0.131. The summed E-state index contributed by atoms with van der Waals surface area (Å²) in [6.45, 7) is 2.54. The molecule has 2 aromatic rings.